The molecule has 0 bridgehead atoms. The van der Waals surface area contributed by atoms with Crippen LogP contribution in [0.2, 0.25) is 0 Å². The summed E-state index contributed by atoms with van der Waals surface area (Å²) in [6.45, 7) is 13.1. The van der Waals surface area contributed by atoms with Crippen molar-refractivity contribution < 1.29 is 23.5 Å². The zero-order valence-electron chi connectivity index (χ0n) is 23.2. The number of hydrogen-bond donors (Lipinski definition) is 1. The van der Waals surface area contributed by atoms with Crippen LogP contribution in [0.3, 0.4) is 0 Å². The van der Waals surface area contributed by atoms with E-state index in [9.17, 15) is 19.5 Å². The highest BCUT2D eigenvalue weighted by Crippen LogP contribution is 2.25. The van der Waals surface area contributed by atoms with E-state index in [1.54, 1.807) is 0 Å². The molecule has 0 aliphatic carbocycles. The lowest BCUT2D eigenvalue weighted by atomic mass is 10.1. The SMILES string of the molecule is CCN(CC)c1ccc2c(CO)cc(=O)oc2c1.CCN(CC)c1ccc2c(COC(C)=O)cc(=O)oc2c1. The maximum Gasteiger partial charge on any atom is 0.336 e. The van der Waals surface area contributed by atoms with Crippen molar-refractivity contribution in [2.75, 3.05) is 36.0 Å². The Kier molecular flexibility index (Phi) is 10.3. The number of fused-ring (bicyclic) bond motifs is 2. The standard InChI is InChI=1S/C16H19NO4.C14H17NO3/c1-4-17(5-2)13-6-7-14-12(10-20-11(3)18)8-16(19)21-15(14)9-13;1-3-15(4-2)11-5-6-12-10(9-16)7-14(17)18-13(12)8-11/h6-9H,4-5,10H2,1-3H3;5-8,16H,3-4,9H2,1-2H3. The Bertz CT molecular complexity index is 1530. The maximum absolute atomic E-state index is 11.6. The molecule has 9 nitrogen and oxygen atoms in total. The van der Waals surface area contributed by atoms with Gasteiger partial charge in [0.1, 0.15) is 17.8 Å². The largest absolute Gasteiger partial charge is 0.461 e. The summed E-state index contributed by atoms with van der Waals surface area (Å²) >= 11 is 0. The van der Waals surface area contributed by atoms with Gasteiger partial charge in [0.05, 0.1) is 6.61 Å². The van der Waals surface area contributed by atoms with E-state index in [0.717, 1.165) is 48.3 Å². The summed E-state index contributed by atoms with van der Waals surface area (Å²) in [6.07, 6.45) is 0. The van der Waals surface area contributed by atoms with Crippen LogP contribution in [-0.2, 0) is 22.7 Å². The zero-order valence-corrected chi connectivity index (χ0v) is 23.2. The van der Waals surface area contributed by atoms with Gasteiger partial charge in [-0.15, -0.1) is 0 Å². The minimum Gasteiger partial charge on any atom is -0.461 e. The summed E-state index contributed by atoms with van der Waals surface area (Å²) in [5.74, 6) is -0.379. The number of hydrogen-bond acceptors (Lipinski definition) is 9. The van der Waals surface area contributed by atoms with Crippen LogP contribution < -0.4 is 21.1 Å². The highest BCUT2D eigenvalue weighted by atomic mass is 16.5. The maximum atomic E-state index is 11.6. The Morgan fingerprint density at radius 3 is 1.59 bits per heavy atom. The van der Waals surface area contributed by atoms with E-state index in [4.69, 9.17) is 13.6 Å². The van der Waals surface area contributed by atoms with E-state index in [2.05, 4.69) is 37.5 Å². The van der Waals surface area contributed by atoms with Crippen LogP contribution in [0.15, 0.2) is 67.0 Å². The quantitative estimate of drug-likeness (QED) is 0.237. The number of esters is 1. The van der Waals surface area contributed by atoms with E-state index >= 15 is 0 Å². The number of carbonyl (C=O) groups is 1. The number of benzene rings is 2. The van der Waals surface area contributed by atoms with Crippen molar-refractivity contribution in [2.45, 2.75) is 47.8 Å². The van der Waals surface area contributed by atoms with Crippen LogP contribution in [0.5, 0.6) is 0 Å². The second kappa shape index (κ2) is 13.6. The fourth-order valence-electron chi connectivity index (χ4n) is 4.44. The topological polar surface area (TPSA) is 113 Å². The number of carbonyl (C=O) groups excluding carboxylic acids is 1. The Morgan fingerprint density at radius 2 is 1.18 bits per heavy atom. The van der Waals surface area contributed by atoms with Crippen LogP contribution >= 0.6 is 0 Å². The lowest BCUT2D eigenvalue weighted by Gasteiger charge is -2.21. The molecule has 0 fully saturated rings. The zero-order chi connectivity index (χ0) is 28.5. The molecule has 4 rings (SSSR count). The fraction of sp³-hybridized carbons (Fsp3) is 0.367. The first-order chi connectivity index (χ1) is 18.7. The molecule has 2 heterocycles. The third-order valence-corrected chi connectivity index (χ3v) is 6.49. The number of aliphatic hydroxyl groups is 1. The molecule has 0 radical (unpaired) electrons. The van der Waals surface area contributed by atoms with Crippen LogP contribution in [0.1, 0.15) is 45.7 Å². The Labute approximate surface area is 227 Å². The molecule has 2 aromatic heterocycles. The molecular weight excluding hydrogens is 500 g/mol. The van der Waals surface area contributed by atoms with Gasteiger partial charge in [-0.1, -0.05) is 0 Å². The summed E-state index contributed by atoms with van der Waals surface area (Å²) in [5.41, 5.74) is 3.44. The first-order valence-corrected chi connectivity index (χ1v) is 13.1. The minimum absolute atomic E-state index is 0.0715. The summed E-state index contributed by atoms with van der Waals surface area (Å²) in [5, 5.41) is 10.8. The molecule has 2 aromatic carbocycles. The monoisotopic (exact) mass is 536 g/mol. The molecule has 208 valence electrons. The molecule has 0 aliphatic heterocycles. The van der Waals surface area contributed by atoms with Gasteiger partial charge in [0.25, 0.3) is 0 Å². The van der Waals surface area contributed by atoms with Crippen molar-refractivity contribution in [1.29, 1.82) is 0 Å². The van der Waals surface area contributed by atoms with E-state index in [1.807, 2.05) is 36.4 Å². The Balaban J connectivity index is 0.000000218. The van der Waals surface area contributed by atoms with Crippen molar-refractivity contribution >= 4 is 39.3 Å². The van der Waals surface area contributed by atoms with Crippen molar-refractivity contribution in [1.82, 2.24) is 0 Å². The van der Waals surface area contributed by atoms with Crippen molar-refractivity contribution in [2.24, 2.45) is 0 Å². The number of ether oxygens (including phenoxy) is 1. The summed E-state index contributed by atoms with van der Waals surface area (Å²) in [6, 6.07) is 14.1. The lowest BCUT2D eigenvalue weighted by molar-refractivity contribution is -0.142. The van der Waals surface area contributed by atoms with Crippen LogP contribution in [0.25, 0.3) is 21.9 Å². The van der Waals surface area contributed by atoms with Gasteiger partial charge in [0, 0.05) is 85.1 Å². The minimum atomic E-state index is -0.443. The van der Waals surface area contributed by atoms with Gasteiger partial charge in [-0.25, -0.2) is 9.59 Å². The average molecular weight is 537 g/mol. The average Bonchev–Trinajstić information content (AvgIpc) is 2.92. The number of aliphatic hydroxyl groups excluding tert-OH is 1. The summed E-state index contributed by atoms with van der Waals surface area (Å²) < 4.78 is 15.4. The molecule has 39 heavy (non-hydrogen) atoms. The van der Waals surface area contributed by atoms with Crippen molar-refractivity contribution in [3.63, 3.8) is 0 Å². The third-order valence-electron chi connectivity index (χ3n) is 6.49. The van der Waals surface area contributed by atoms with Crippen LogP contribution in [0.4, 0.5) is 11.4 Å². The highest BCUT2D eigenvalue weighted by molar-refractivity contribution is 5.84. The molecule has 0 saturated carbocycles. The van der Waals surface area contributed by atoms with Gasteiger partial charge in [-0.2, -0.15) is 0 Å². The van der Waals surface area contributed by atoms with Gasteiger partial charge in [0.15, 0.2) is 0 Å². The molecule has 0 unspecified atom stereocenters. The van der Waals surface area contributed by atoms with Crippen LogP contribution in [-0.4, -0.2) is 37.3 Å². The van der Waals surface area contributed by atoms with Crippen LogP contribution in [0, 0.1) is 0 Å². The van der Waals surface area contributed by atoms with Gasteiger partial charge >= 0.3 is 17.2 Å². The summed E-state index contributed by atoms with van der Waals surface area (Å²) in [7, 11) is 0. The second-order valence-electron chi connectivity index (χ2n) is 8.83. The van der Waals surface area contributed by atoms with Gasteiger partial charge in [0.2, 0.25) is 0 Å². The Hall–Kier alpha value is -4.11. The lowest BCUT2D eigenvalue weighted by Crippen LogP contribution is -2.21. The number of anilines is 2. The van der Waals surface area contributed by atoms with Gasteiger partial charge in [-0.05, 0) is 57.5 Å². The first-order valence-electron chi connectivity index (χ1n) is 13.1. The predicted octanol–water partition coefficient (Wildman–Crippen LogP) is 4.83. The second-order valence-corrected chi connectivity index (χ2v) is 8.83. The first kappa shape index (κ1) is 29.4. The molecular formula is C30H36N2O7. The van der Waals surface area contributed by atoms with Crippen molar-refractivity contribution in [3.8, 4) is 0 Å². The number of rotatable bonds is 9. The molecule has 1 N–H and O–H groups in total. The molecule has 4 aromatic rings. The molecule has 0 aliphatic rings. The Morgan fingerprint density at radius 1 is 0.744 bits per heavy atom. The van der Waals surface area contributed by atoms with E-state index in [0.29, 0.717) is 22.3 Å². The third kappa shape index (κ3) is 7.26. The van der Waals surface area contributed by atoms with Gasteiger partial charge in [-0.3, -0.25) is 4.79 Å². The molecule has 0 spiro atoms. The molecule has 0 saturated heterocycles. The van der Waals surface area contributed by atoms with E-state index < -0.39 is 11.3 Å². The summed E-state index contributed by atoms with van der Waals surface area (Å²) in [4.78, 5) is 38.3. The smallest absolute Gasteiger partial charge is 0.336 e. The highest BCUT2D eigenvalue weighted by Gasteiger charge is 2.11. The van der Waals surface area contributed by atoms with E-state index in [-0.39, 0.29) is 19.2 Å². The number of nitrogens with zero attached hydrogens (tertiary/aromatic N) is 2. The van der Waals surface area contributed by atoms with Crippen molar-refractivity contribution in [3.05, 3.63) is 80.5 Å². The van der Waals surface area contributed by atoms with E-state index in [1.165, 1.54) is 19.1 Å². The molecule has 9 heteroatoms. The fourth-order valence-corrected chi connectivity index (χ4v) is 4.44. The van der Waals surface area contributed by atoms with Gasteiger partial charge < -0.3 is 28.5 Å². The normalized spacial score (nSPS) is 10.7. The predicted molar refractivity (Wildman–Crippen MR) is 153 cm³/mol. The molecule has 0 amide bonds. The molecule has 0 atom stereocenters.